The minimum absolute atomic E-state index is 0.117. The topological polar surface area (TPSA) is 53.0 Å². The van der Waals surface area contributed by atoms with Crippen LogP contribution in [0.2, 0.25) is 0 Å². The third-order valence-electron chi connectivity index (χ3n) is 4.86. The van der Waals surface area contributed by atoms with E-state index in [4.69, 9.17) is 4.74 Å². The van der Waals surface area contributed by atoms with E-state index in [-0.39, 0.29) is 18.6 Å². The van der Waals surface area contributed by atoms with Gasteiger partial charge in [0, 0.05) is 19.1 Å². The lowest BCUT2D eigenvalue weighted by molar-refractivity contribution is -0.133. The monoisotopic (exact) mass is 318 g/mol. The van der Waals surface area contributed by atoms with Crippen LogP contribution in [0.5, 0.6) is 5.75 Å². The first kappa shape index (κ1) is 16.3. The number of amides is 1. The fraction of sp³-hybridized carbons (Fsp3) is 0.611. The van der Waals surface area contributed by atoms with Gasteiger partial charge in [-0.25, -0.2) is 0 Å². The van der Waals surface area contributed by atoms with Gasteiger partial charge in [-0.1, -0.05) is 12.1 Å². The van der Waals surface area contributed by atoms with Crippen molar-refractivity contribution in [2.75, 3.05) is 33.4 Å². The van der Waals surface area contributed by atoms with E-state index >= 15 is 0 Å². The van der Waals surface area contributed by atoms with Crippen LogP contribution in [-0.4, -0.2) is 60.2 Å². The molecule has 1 saturated heterocycles. The normalized spacial score (nSPS) is 21.0. The van der Waals surface area contributed by atoms with Crippen LogP contribution < -0.4 is 4.74 Å². The summed E-state index contributed by atoms with van der Waals surface area (Å²) in [6.45, 7) is 1.97. The summed E-state index contributed by atoms with van der Waals surface area (Å²) in [5.74, 6) is 1.02. The van der Waals surface area contributed by atoms with Crippen LogP contribution in [0.3, 0.4) is 0 Å². The number of ether oxygens (including phenoxy) is 1. The van der Waals surface area contributed by atoms with Gasteiger partial charge in [-0.05, 0) is 43.4 Å². The van der Waals surface area contributed by atoms with E-state index in [2.05, 4.69) is 17.0 Å². The van der Waals surface area contributed by atoms with Crippen molar-refractivity contribution in [1.82, 2.24) is 9.80 Å². The number of hydrogen-bond donors (Lipinski definition) is 1. The van der Waals surface area contributed by atoms with Crippen LogP contribution in [0.25, 0.3) is 0 Å². The second-order valence-electron chi connectivity index (χ2n) is 6.44. The summed E-state index contributed by atoms with van der Waals surface area (Å²) >= 11 is 0. The zero-order valence-corrected chi connectivity index (χ0v) is 13.8. The summed E-state index contributed by atoms with van der Waals surface area (Å²) < 4.78 is 5.21. The van der Waals surface area contributed by atoms with Crippen LogP contribution in [-0.2, 0) is 4.79 Å². The number of benzene rings is 1. The average Bonchev–Trinajstić information content (AvgIpc) is 3.31. The molecule has 0 bridgehead atoms. The molecule has 1 N–H and O–H groups in total. The summed E-state index contributed by atoms with van der Waals surface area (Å²) in [5, 5.41) is 9.19. The molecule has 2 aliphatic rings. The van der Waals surface area contributed by atoms with E-state index < -0.39 is 0 Å². The number of nitrogens with zero attached hydrogens (tertiary/aromatic N) is 2. The molecule has 23 heavy (non-hydrogen) atoms. The first-order chi connectivity index (χ1) is 11.2. The Morgan fingerprint density at radius 3 is 2.65 bits per heavy atom. The Morgan fingerprint density at radius 1 is 1.30 bits per heavy atom. The first-order valence-electron chi connectivity index (χ1n) is 8.51. The highest BCUT2D eigenvalue weighted by Gasteiger charge is 2.34. The second-order valence-corrected chi connectivity index (χ2v) is 6.44. The second kappa shape index (κ2) is 7.32. The number of likely N-dealkylation sites (tertiary alicyclic amines) is 1. The Hall–Kier alpha value is -1.59. The van der Waals surface area contributed by atoms with Crippen molar-refractivity contribution in [3.05, 3.63) is 29.8 Å². The minimum atomic E-state index is 0.117. The summed E-state index contributed by atoms with van der Waals surface area (Å²) in [5.41, 5.74) is 1.18. The number of aliphatic hydroxyl groups is 1. The lowest BCUT2D eigenvalue weighted by Gasteiger charge is -2.28. The number of rotatable bonds is 7. The summed E-state index contributed by atoms with van der Waals surface area (Å²) in [4.78, 5) is 16.9. The van der Waals surface area contributed by atoms with Crippen LogP contribution >= 0.6 is 0 Å². The number of carbonyl (C=O) groups excluding carboxylic acids is 1. The molecule has 0 aromatic heterocycles. The summed E-state index contributed by atoms with van der Waals surface area (Å²) in [7, 11) is 1.66. The molecule has 2 fully saturated rings. The molecule has 1 saturated carbocycles. The largest absolute Gasteiger partial charge is 0.497 e. The van der Waals surface area contributed by atoms with Gasteiger partial charge in [0.2, 0.25) is 5.91 Å². The fourth-order valence-electron chi connectivity index (χ4n) is 3.46. The molecule has 1 amide bonds. The third kappa shape index (κ3) is 3.85. The van der Waals surface area contributed by atoms with Crippen molar-refractivity contribution >= 4 is 5.91 Å². The van der Waals surface area contributed by atoms with Gasteiger partial charge < -0.3 is 14.7 Å². The number of aliphatic hydroxyl groups excluding tert-OH is 1. The fourth-order valence-corrected chi connectivity index (χ4v) is 3.46. The molecule has 0 spiro atoms. The van der Waals surface area contributed by atoms with Crippen molar-refractivity contribution in [3.63, 3.8) is 0 Å². The molecule has 1 aliphatic heterocycles. The molecule has 3 rings (SSSR count). The van der Waals surface area contributed by atoms with Crippen LogP contribution in [0.15, 0.2) is 24.3 Å². The molecular formula is C18H26N2O3. The van der Waals surface area contributed by atoms with Gasteiger partial charge >= 0.3 is 0 Å². The van der Waals surface area contributed by atoms with E-state index in [9.17, 15) is 9.90 Å². The predicted molar refractivity (Wildman–Crippen MR) is 88.4 cm³/mol. The Labute approximate surface area is 137 Å². The van der Waals surface area contributed by atoms with Crippen molar-refractivity contribution in [1.29, 1.82) is 0 Å². The zero-order chi connectivity index (χ0) is 16.2. The molecule has 5 heteroatoms. The highest BCUT2D eigenvalue weighted by molar-refractivity contribution is 5.79. The maximum Gasteiger partial charge on any atom is 0.237 e. The van der Waals surface area contributed by atoms with E-state index in [0.717, 1.165) is 38.0 Å². The van der Waals surface area contributed by atoms with E-state index in [1.54, 1.807) is 7.11 Å². The van der Waals surface area contributed by atoms with E-state index in [1.165, 1.54) is 5.56 Å². The summed E-state index contributed by atoms with van der Waals surface area (Å²) in [6.07, 6.45) is 4.36. The lowest BCUT2D eigenvalue weighted by atomic mass is 10.0. The van der Waals surface area contributed by atoms with Crippen molar-refractivity contribution in [3.8, 4) is 5.75 Å². The van der Waals surface area contributed by atoms with Gasteiger partial charge in [0.15, 0.2) is 0 Å². The Bertz CT molecular complexity index is 528. The molecule has 5 nitrogen and oxygen atoms in total. The highest BCUT2D eigenvalue weighted by atomic mass is 16.5. The maximum absolute atomic E-state index is 12.7. The first-order valence-corrected chi connectivity index (χ1v) is 8.51. The molecule has 1 atom stereocenters. The molecule has 1 heterocycles. The molecule has 1 unspecified atom stereocenters. The molecular weight excluding hydrogens is 292 g/mol. The van der Waals surface area contributed by atoms with Crippen molar-refractivity contribution in [2.24, 2.45) is 0 Å². The number of carbonyl (C=O) groups is 1. The van der Waals surface area contributed by atoms with Crippen molar-refractivity contribution in [2.45, 2.75) is 37.8 Å². The Kier molecular flexibility index (Phi) is 5.18. The Morgan fingerprint density at radius 2 is 2.04 bits per heavy atom. The Balaban J connectivity index is 1.66. The third-order valence-corrected chi connectivity index (χ3v) is 4.86. The highest BCUT2D eigenvalue weighted by Crippen LogP contribution is 2.33. The zero-order valence-electron chi connectivity index (χ0n) is 13.8. The number of methoxy groups -OCH3 is 1. The van der Waals surface area contributed by atoms with E-state index in [1.807, 2.05) is 17.0 Å². The average molecular weight is 318 g/mol. The predicted octanol–water partition coefficient (Wildman–Crippen LogP) is 1.82. The minimum Gasteiger partial charge on any atom is -0.497 e. The van der Waals surface area contributed by atoms with Gasteiger partial charge in [0.25, 0.3) is 0 Å². The summed E-state index contributed by atoms with van der Waals surface area (Å²) in [6, 6.07) is 8.69. The van der Waals surface area contributed by atoms with Gasteiger partial charge in [0.05, 0.1) is 26.3 Å². The maximum atomic E-state index is 12.7. The van der Waals surface area contributed by atoms with Gasteiger partial charge in [-0.3, -0.25) is 9.69 Å². The van der Waals surface area contributed by atoms with E-state index in [0.29, 0.717) is 19.1 Å². The van der Waals surface area contributed by atoms with Crippen LogP contribution in [0.4, 0.5) is 0 Å². The SMILES string of the molecule is COc1ccc(C2CCCN2C(=O)CN(CCO)C2CC2)cc1. The molecule has 1 aromatic rings. The quantitative estimate of drug-likeness (QED) is 0.833. The van der Waals surface area contributed by atoms with Gasteiger partial charge in [-0.2, -0.15) is 0 Å². The number of hydrogen-bond acceptors (Lipinski definition) is 4. The van der Waals surface area contributed by atoms with Crippen LogP contribution in [0.1, 0.15) is 37.3 Å². The molecule has 126 valence electrons. The molecule has 0 radical (unpaired) electrons. The van der Waals surface area contributed by atoms with Crippen molar-refractivity contribution < 1.29 is 14.6 Å². The smallest absolute Gasteiger partial charge is 0.237 e. The van der Waals surface area contributed by atoms with Crippen LogP contribution in [0, 0.1) is 0 Å². The standard InChI is InChI=1S/C18H26N2O3/c1-23-16-8-4-14(5-9-16)17-3-2-10-20(17)18(22)13-19(11-12-21)15-6-7-15/h4-5,8-9,15,17,21H,2-3,6-7,10-13H2,1H3. The van der Waals surface area contributed by atoms with Gasteiger partial charge in [-0.15, -0.1) is 0 Å². The lowest BCUT2D eigenvalue weighted by Crippen LogP contribution is -2.42. The van der Waals surface area contributed by atoms with Gasteiger partial charge in [0.1, 0.15) is 5.75 Å². The molecule has 1 aromatic carbocycles. The molecule has 1 aliphatic carbocycles.